The van der Waals surface area contributed by atoms with Gasteiger partial charge in [-0.1, -0.05) is 32.5 Å². The molecule has 2 unspecified atom stereocenters. The Bertz CT molecular complexity index is 530. The second kappa shape index (κ2) is 6.45. The van der Waals surface area contributed by atoms with Crippen molar-refractivity contribution in [3.63, 3.8) is 0 Å². The third-order valence-electron chi connectivity index (χ3n) is 3.43. The lowest BCUT2D eigenvalue weighted by Crippen LogP contribution is -2.48. The first-order chi connectivity index (χ1) is 10.2. The zero-order chi connectivity index (χ0) is 16.5. The van der Waals surface area contributed by atoms with Crippen LogP contribution in [0.1, 0.15) is 40.4 Å². The minimum Gasteiger partial charge on any atom is -0.372 e. The van der Waals surface area contributed by atoms with E-state index in [0.717, 1.165) is 0 Å². The number of carbonyl (C=O) groups is 1. The largest absolute Gasteiger partial charge is 0.372 e. The van der Waals surface area contributed by atoms with Gasteiger partial charge < -0.3 is 15.5 Å². The molecular weight excluding hydrogens is 302 g/mol. The summed E-state index contributed by atoms with van der Waals surface area (Å²) in [4.78, 5) is 14.2. The van der Waals surface area contributed by atoms with E-state index in [1.807, 2.05) is 39.5 Å². The molecule has 2 atom stereocenters. The highest BCUT2D eigenvalue weighted by Crippen LogP contribution is 2.23. The molecule has 1 aromatic heterocycles. The molecule has 8 heteroatoms. The lowest BCUT2D eigenvalue weighted by Gasteiger charge is -2.35. The Labute approximate surface area is 135 Å². The molecule has 1 aromatic rings. The van der Waals surface area contributed by atoms with Crippen LogP contribution in [-0.4, -0.2) is 56.7 Å². The highest BCUT2D eigenvalue weighted by atomic mass is 32.2. The Kier molecular flexibility index (Phi) is 5.01. The standard InChI is InChI=1S/C14H25N5O2S/c1-9-6-18(7-10(2)21-9)11(20)8-22-13-17-16-12(19(13)15)14(3,4)5/h9-10H,6-8,15H2,1-5H3. The summed E-state index contributed by atoms with van der Waals surface area (Å²) in [5, 5.41) is 8.77. The molecule has 1 saturated heterocycles. The fraction of sp³-hybridized carbons (Fsp3) is 0.786. The highest BCUT2D eigenvalue weighted by Gasteiger charge is 2.27. The van der Waals surface area contributed by atoms with Crippen LogP contribution < -0.4 is 5.84 Å². The molecule has 124 valence electrons. The molecule has 22 heavy (non-hydrogen) atoms. The SMILES string of the molecule is CC1CN(C(=O)CSc2nnc(C(C)(C)C)n2N)CC(C)O1. The van der Waals surface area contributed by atoms with E-state index in [1.54, 1.807) is 0 Å². The monoisotopic (exact) mass is 327 g/mol. The van der Waals surface area contributed by atoms with E-state index in [0.29, 0.717) is 29.8 Å². The van der Waals surface area contributed by atoms with Crippen LogP contribution in [0.3, 0.4) is 0 Å². The van der Waals surface area contributed by atoms with Crippen molar-refractivity contribution in [2.75, 3.05) is 24.7 Å². The zero-order valence-electron chi connectivity index (χ0n) is 13.9. The van der Waals surface area contributed by atoms with Crippen LogP contribution in [-0.2, 0) is 14.9 Å². The molecule has 0 bridgehead atoms. The van der Waals surface area contributed by atoms with Gasteiger partial charge >= 0.3 is 0 Å². The van der Waals surface area contributed by atoms with Crippen LogP contribution in [0.5, 0.6) is 0 Å². The summed E-state index contributed by atoms with van der Waals surface area (Å²) < 4.78 is 7.12. The van der Waals surface area contributed by atoms with Crippen LogP contribution in [0, 0.1) is 0 Å². The average molecular weight is 327 g/mol. The highest BCUT2D eigenvalue weighted by molar-refractivity contribution is 7.99. The number of hydrogen-bond donors (Lipinski definition) is 1. The predicted octanol–water partition coefficient (Wildman–Crippen LogP) is 1.02. The Morgan fingerprint density at radius 3 is 2.41 bits per heavy atom. The third kappa shape index (κ3) is 3.92. The number of nitrogen functional groups attached to an aromatic ring is 1. The van der Waals surface area contributed by atoms with Gasteiger partial charge in [-0.2, -0.15) is 0 Å². The van der Waals surface area contributed by atoms with Gasteiger partial charge in [0.05, 0.1) is 18.0 Å². The number of thioether (sulfide) groups is 1. The van der Waals surface area contributed by atoms with Crippen molar-refractivity contribution in [1.82, 2.24) is 19.8 Å². The minimum absolute atomic E-state index is 0.0726. The smallest absolute Gasteiger partial charge is 0.233 e. The summed E-state index contributed by atoms with van der Waals surface area (Å²) in [7, 11) is 0. The first-order valence-electron chi connectivity index (χ1n) is 7.45. The van der Waals surface area contributed by atoms with Gasteiger partial charge in [-0.15, -0.1) is 10.2 Å². The maximum absolute atomic E-state index is 12.3. The van der Waals surface area contributed by atoms with Crippen LogP contribution in [0.15, 0.2) is 5.16 Å². The number of amides is 1. The number of nitrogens with two attached hydrogens (primary N) is 1. The summed E-state index contributed by atoms with van der Waals surface area (Å²) >= 11 is 1.32. The first-order valence-corrected chi connectivity index (χ1v) is 8.44. The number of rotatable bonds is 3. The van der Waals surface area contributed by atoms with E-state index in [-0.39, 0.29) is 23.5 Å². The van der Waals surface area contributed by atoms with Gasteiger partial charge in [-0.3, -0.25) is 4.79 Å². The molecule has 2 N–H and O–H groups in total. The fourth-order valence-corrected chi connectivity index (χ4v) is 3.25. The van der Waals surface area contributed by atoms with Crippen molar-refractivity contribution in [1.29, 1.82) is 0 Å². The minimum atomic E-state index is -0.181. The number of ether oxygens (including phenoxy) is 1. The van der Waals surface area contributed by atoms with Gasteiger partial charge in [0.15, 0.2) is 5.82 Å². The molecule has 0 radical (unpaired) electrons. The number of morpholine rings is 1. The van der Waals surface area contributed by atoms with Crippen LogP contribution in [0.25, 0.3) is 0 Å². The Morgan fingerprint density at radius 2 is 1.91 bits per heavy atom. The van der Waals surface area contributed by atoms with Gasteiger partial charge in [0.1, 0.15) is 0 Å². The molecule has 0 spiro atoms. The van der Waals surface area contributed by atoms with E-state index < -0.39 is 0 Å². The van der Waals surface area contributed by atoms with E-state index in [9.17, 15) is 4.79 Å². The van der Waals surface area contributed by atoms with Gasteiger partial charge in [0, 0.05) is 18.5 Å². The molecule has 1 amide bonds. The molecule has 1 aliphatic rings. The lowest BCUT2D eigenvalue weighted by molar-refractivity contribution is -0.140. The zero-order valence-corrected chi connectivity index (χ0v) is 14.7. The van der Waals surface area contributed by atoms with E-state index in [1.165, 1.54) is 16.4 Å². The fourth-order valence-electron chi connectivity index (χ4n) is 2.49. The summed E-state index contributed by atoms with van der Waals surface area (Å²) in [5.74, 6) is 7.11. The van der Waals surface area contributed by atoms with Gasteiger partial charge in [0.2, 0.25) is 11.1 Å². The topological polar surface area (TPSA) is 86.3 Å². The van der Waals surface area contributed by atoms with Crippen molar-refractivity contribution in [2.24, 2.45) is 0 Å². The number of hydrogen-bond acceptors (Lipinski definition) is 6. The molecule has 1 fully saturated rings. The molecule has 7 nitrogen and oxygen atoms in total. The molecule has 2 heterocycles. The molecular formula is C14H25N5O2S. The van der Waals surface area contributed by atoms with Crippen LogP contribution in [0.2, 0.25) is 0 Å². The van der Waals surface area contributed by atoms with Crippen molar-refractivity contribution in [2.45, 2.75) is 57.4 Å². The van der Waals surface area contributed by atoms with E-state index >= 15 is 0 Å². The normalized spacial score (nSPS) is 22.9. The summed E-state index contributed by atoms with van der Waals surface area (Å²) in [6, 6.07) is 0. The van der Waals surface area contributed by atoms with Crippen LogP contribution >= 0.6 is 11.8 Å². The Morgan fingerprint density at radius 1 is 1.32 bits per heavy atom. The summed E-state index contributed by atoms with van der Waals surface area (Å²) in [6.45, 7) is 11.3. The lowest BCUT2D eigenvalue weighted by atomic mass is 9.96. The third-order valence-corrected chi connectivity index (χ3v) is 4.36. The quantitative estimate of drug-likeness (QED) is 0.659. The number of nitrogens with zero attached hydrogens (tertiary/aromatic N) is 4. The molecule has 0 saturated carbocycles. The van der Waals surface area contributed by atoms with Gasteiger partial charge in [-0.05, 0) is 13.8 Å². The molecule has 2 rings (SSSR count). The van der Waals surface area contributed by atoms with Crippen molar-refractivity contribution in [3.05, 3.63) is 5.82 Å². The maximum atomic E-state index is 12.3. The molecule has 1 aliphatic heterocycles. The van der Waals surface area contributed by atoms with Gasteiger partial charge in [0.25, 0.3) is 0 Å². The van der Waals surface area contributed by atoms with Crippen LogP contribution in [0.4, 0.5) is 0 Å². The van der Waals surface area contributed by atoms with E-state index in [4.69, 9.17) is 10.6 Å². The van der Waals surface area contributed by atoms with Crippen molar-refractivity contribution >= 4 is 17.7 Å². The first kappa shape index (κ1) is 17.1. The summed E-state index contributed by atoms with van der Waals surface area (Å²) in [5.41, 5.74) is -0.181. The maximum Gasteiger partial charge on any atom is 0.233 e. The average Bonchev–Trinajstić information content (AvgIpc) is 2.76. The second-order valence-electron chi connectivity index (χ2n) is 6.77. The summed E-state index contributed by atoms with van der Waals surface area (Å²) in [6.07, 6.45) is 0.145. The van der Waals surface area contributed by atoms with Crippen molar-refractivity contribution in [3.8, 4) is 0 Å². The van der Waals surface area contributed by atoms with E-state index in [2.05, 4.69) is 10.2 Å². The van der Waals surface area contributed by atoms with Gasteiger partial charge in [-0.25, -0.2) is 4.68 Å². The van der Waals surface area contributed by atoms with Crippen molar-refractivity contribution < 1.29 is 9.53 Å². The predicted molar refractivity (Wildman–Crippen MR) is 86.2 cm³/mol. The Balaban J connectivity index is 1.96. The Hall–Kier alpha value is -1.28. The second-order valence-corrected chi connectivity index (χ2v) is 7.71. The molecule has 0 aliphatic carbocycles. The number of aromatic nitrogens is 3. The number of carbonyl (C=O) groups excluding carboxylic acids is 1. The molecule has 0 aromatic carbocycles.